The summed E-state index contributed by atoms with van der Waals surface area (Å²) in [6, 6.07) is 5.29. The van der Waals surface area contributed by atoms with Crippen molar-refractivity contribution in [2.45, 2.75) is 37.7 Å². The second-order valence-corrected chi connectivity index (χ2v) is 9.57. The second kappa shape index (κ2) is 6.64. The Bertz CT molecular complexity index is 1070. The molecule has 3 aromatic rings. The number of carbonyl (C=O) groups excluding carboxylic acids is 1. The van der Waals surface area contributed by atoms with Crippen molar-refractivity contribution in [1.29, 1.82) is 0 Å². The molecule has 0 aliphatic heterocycles. The molecule has 0 spiro atoms. The van der Waals surface area contributed by atoms with E-state index in [0.29, 0.717) is 11.0 Å². The number of esters is 1. The minimum absolute atomic E-state index is 0.108. The van der Waals surface area contributed by atoms with Gasteiger partial charge in [0.15, 0.2) is 0 Å². The van der Waals surface area contributed by atoms with Gasteiger partial charge < -0.3 is 0 Å². The molecule has 1 N–H and O–H groups in total. The summed E-state index contributed by atoms with van der Waals surface area (Å²) in [5.74, 6) is -0.705. The third kappa shape index (κ3) is 2.78. The van der Waals surface area contributed by atoms with Crippen molar-refractivity contribution < 1.29 is 19.1 Å². The van der Waals surface area contributed by atoms with Crippen LogP contribution in [0.2, 0.25) is 0 Å². The van der Waals surface area contributed by atoms with Crippen LogP contribution in [0.5, 0.6) is 0 Å². The van der Waals surface area contributed by atoms with Gasteiger partial charge in [-0.15, -0.1) is 0 Å². The standard InChI is InChI=1S/C19H17BrO5Se/c1-24-17(21)12-9-10-5-6-11-13(20)16(19(23)7-3-2-4-8-19)26-15(11)14(10)25-18(12)22/h5-6,9,23H,2-4,7-8H2,1H3. The molecular weight excluding hydrogens is 467 g/mol. The van der Waals surface area contributed by atoms with Gasteiger partial charge in [-0.2, -0.15) is 0 Å². The first kappa shape index (κ1) is 18.0. The van der Waals surface area contributed by atoms with E-state index < -0.39 is 17.2 Å². The van der Waals surface area contributed by atoms with E-state index in [9.17, 15) is 14.7 Å². The third-order valence-corrected chi connectivity index (χ3v) is 9.35. The summed E-state index contributed by atoms with van der Waals surface area (Å²) in [5, 5.41) is 12.8. The number of methoxy groups -OCH3 is 1. The van der Waals surface area contributed by atoms with E-state index in [4.69, 9.17) is 4.42 Å². The van der Waals surface area contributed by atoms with Crippen molar-refractivity contribution in [3.8, 4) is 0 Å². The fraction of sp³-hybridized carbons (Fsp3) is 0.368. The summed E-state index contributed by atoms with van der Waals surface area (Å²) < 4.78 is 13.0. The molecule has 4 rings (SSSR count). The number of rotatable bonds is 2. The predicted octanol–water partition coefficient (Wildman–Crippen LogP) is 3.70. The van der Waals surface area contributed by atoms with Gasteiger partial charge >= 0.3 is 164 Å². The van der Waals surface area contributed by atoms with Gasteiger partial charge in [0.1, 0.15) is 0 Å². The molecule has 1 aliphatic rings. The van der Waals surface area contributed by atoms with Crippen molar-refractivity contribution in [3.63, 3.8) is 0 Å². The number of hydrogen-bond donors (Lipinski definition) is 1. The van der Waals surface area contributed by atoms with E-state index in [-0.39, 0.29) is 20.1 Å². The molecule has 26 heavy (non-hydrogen) atoms. The van der Waals surface area contributed by atoms with E-state index in [2.05, 4.69) is 20.7 Å². The van der Waals surface area contributed by atoms with Crippen LogP contribution in [0, 0.1) is 0 Å². The zero-order valence-electron chi connectivity index (χ0n) is 14.1. The van der Waals surface area contributed by atoms with Crippen LogP contribution in [0.4, 0.5) is 0 Å². The average molecular weight is 484 g/mol. The summed E-state index contributed by atoms with van der Waals surface area (Å²) in [6.07, 6.45) is 4.72. The Morgan fingerprint density at radius 1 is 1.31 bits per heavy atom. The number of benzene rings is 1. The predicted molar refractivity (Wildman–Crippen MR) is 103 cm³/mol. The summed E-state index contributed by atoms with van der Waals surface area (Å²) in [7, 11) is 1.23. The molecule has 1 aromatic carbocycles. The topological polar surface area (TPSA) is 76.7 Å². The van der Waals surface area contributed by atoms with E-state index in [1.165, 1.54) is 13.2 Å². The first-order valence-electron chi connectivity index (χ1n) is 8.44. The normalized spacial score (nSPS) is 16.9. The van der Waals surface area contributed by atoms with Gasteiger partial charge in [0.05, 0.1) is 0 Å². The van der Waals surface area contributed by atoms with Crippen molar-refractivity contribution in [3.05, 3.63) is 43.1 Å². The van der Waals surface area contributed by atoms with Gasteiger partial charge in [-0.05, 0) is 0 Å². The second-order valence-electron chi connectivity index (χ2n) is 6.64. The third-order valence-electron chi connectivity index (χ3n) is 5.01. The zero-order valence-corrected chi connectivity index (χ0v) is 17.4. The molecule has 5 nitrogen and oxygen atoms in total. The van der Waals surface area contributed by atoms with Crippen LogP contribution in [0.3, 0.4) is 0 Å². The molecule has 2 aromatic heterocycles. The Morgan fingerprint density at radius 2 is 2.04 bits per heavy atom. The molecule has 1 fully saturated rings. The van der Waals surface area contributed by atoms with Crippen LogP contribution < -0.4 is 5.63 Å². The minimum atomic E-state index is -0.783. The molecule has 0 radical (unpaired) electrons. The van der Waals surface area contributed by atoms with Crippen LogP contribution in [0.25, 0.3) is 20.6 Å². The Hall–Kier alpha value is -1.40. The van der Waals surface area contributed by atoms with E-state index >= 15 is 0 Å². The number of fused-ring (bicyclic) bond motifs is 3. The Kier molecular flexibility index (Phi) is 4.59. The van der Waals surface area contributed by atoms with Gasteiger partial charge in [0.25, 0.3) is 0 Å². The molecule has 2 heterocycles. The van der Waals surface area contributed by atoms with Gasteiger partial charge in [-0.25, -0.2) is 0 Å². The molecular formula is C19H17BrO5Se. The summed E-state index contributed by atoms with van der Waals surface area (Å²) in [6.45, 7) is 0. The van der Waals surface area contributed by atoms with Crippen LogP contribution in [0.15, 0.2) is 31.9 Å². The van der Waals surface area contributed by atoms with Crippen LogP contribution >= 0.6 is 15.9 Å². The molecule has 0 bridgehead atoms. The molecule has 1 aliphatic carbocycles. The summed E-state index contributed by atoms with van der Waals surface area (Å²) >= 11 is 3.52. The molecule has 136 valence electrons. The Balaban J connectivity index is 1.96. The van der Waals surface area contributed by atoms with Crippen molar-refractivity contribution in [2.24, 2.45) is 0 Å². The molecule has 1 saturated carbocycles. The fourth-order valence-electron chi connectivity index (χ4n) is 3.62. The first-order valence-corrected chi connectivity index (χ1v) is 11.0. The SMILES string of the molecule is COC(=O)c1cc2ccc3c(Br)c(C4(O)CCCCC4)[se]c3c2oc1=O. The van der Waals surface area contributed by atoms with Gasteiger partial charge in [-0.1, -0.05) is 0 Å². The summed E-state index contributed by atoms with van der Waals surface area (Å²) in [5.41, 5.74) is -1.10. The van der Waals surface area contributed by atoms with Gasteiger partial charge in [0, 0.05) is 0 Å². The van der Waals surface area contributed by atoms with Crippen molar-refractivity contribution in [1.82, 2.24) is 0 Å². The van der Waals surface area contributed by atoms with Gasteiger partial charge in [-0.3, -0.25) is 0 Å². The number of ether oxygens (including phenoxy) is 1. The first-order chi connectivity index (χ1) is 12.4. The maximum absolute atomic E-state index is 12.2. The Labute approximate surface area is 163 Å². The molecule has 0 unspecified atom stereocenters. The Morgan fingerprint density at radius 3 is 2.73 bits per heavy atom. The quantitative estimate of drug-likeness (QED) is 0.341. The maximum atomic E-state index is 12.2. The zero-order chi connectivity index (χ0) is 18.5. The summed E-state index contributed by atoms with van der Waals surface area (Å²) in [4.78, 5) is 24.0. The molecule has 0 saturated heterocycles. The average Bonchev–Trinajstić information content (AvgIpc) is 2.99. The number of carbonyl (C=O) groups is 1. The number of hydrogen-bond acceptors (Lipinski definition) is 5. The number of aliphatic hydroxyl groups is 1. The number of halogens is 1. The molecule has 0 amide bonds. The van der Waals surface area contributed by atoms with E-state index in [1.807, 2.05) is 12.1 Å². The van der Waals surface area contributed by atoms with Crippen molar-refractivity contribution in [2.75, 3.05) is 7.11 Å². The van der Waals surface area contributed by atoms with Gasteiger partial charge in [0.2, 0.25) is 0 Å². The van der Waals surface area contributed by atoms with Crippen LogP contribution in [0.1, 0.15) is 46.9 Å². The fourth-order valence-corrected chi connectivity index (χ4v) is 7.82. The van der Waals surface area contributed by atoms with E-state index in [1.54, 1.807) is 0 Å². The van der Waals surface area contributed by atoms with Crippen LogP contribution in [-0.4, -0.2) is 32.7 Å². The molecule has 0 atom stereocenters. The van der Waals surface area contributed by atoms with Crippen LogP contribution in [-0.2, 0) is 10.3 Å². The monoisotopic (exact) mass is 484 g/mol. The van der Waals surface area contributed by atoms with E-state index in [0.717, 1.165) is 50.7 Å². The van der Waals surface area contributed by atoms with Crippen molar-refractivity contribution >= 4 is 57.0 Å². The molecule has 7 heteroatoms.